The van der Waals surface area contributed by atoms with Crippen LogP contribution in [0, 0.1) is 11.8 Å². The highest BCUT2D eigenvalue weighted by Crippen LogP contribution is 2.25. The second-order valence-corrected chi connectivity index (χ2v) is 6.11. The third kappa shape index (κ3) is 2.77. The molecule has 3 heterocycles. The van der Waals surface area contributed by atoms with Crippen LogP contribution >= 0.6 is 11.3 Å². The van der Waals surface area contributed by atoms with Crippen LogP contribution in [0.25, 0.3) is 4.96 Å². The number of hydrogen-bond acceptors (Lipinski definition) is 5. The zero-order valence-corrected chi connectivity index (χ0v) is 12.0. The van der Waals surface area contributed by atoms with Gasteiger partial charge in [0.25, 0.3) is 0 Å². The number of likely N-dealkylation sites (tertiary alicyclic amines) is 1. The summed E-state index contributed by atoms with van der Waals surface area (Å²) in [5, 5.41) is 20.3. The van der Waals surface area contributed by atoms with Crippen molar-refractivity contribution in [1.29, 1.82) is 0 Å². The van der Waals surface area contributed by atoms with Gasteiger partial charge in [0.2, 0.25) is 0 Å². The van der Waals surface area contributed by atoms with Crippen LogP contribution < -0.4 is 0 Å². The van der Waals surface area contributed by atoms with Gasteiger partial charge in [-0.2, -0.15) is 0 Å². The molecule has 8 heteroatoms. The van der Waals surface area contributed by atoms with Crippen molar-refractivity contribution in [1.82, 2.24) is 14.3 Å². The SMILES string of the molecule is O=C(O)C1CCN(Cc2cn3ccsc3n2)CC1C(=O)O. The number of carboxylic acids is 2. The molecule has 112 valence electrons. The summed E-state index contributed by atoms with van der Waals surface area (Å²) >= 11 is 1.54. The molecule has 2 atom stereocenters. The second kappa shape index (κ2) is 5.45. The lowest BCUT2D eigenvalue weighted by Gasteiger charge is -2.34. The largest absolute Gasteiger partial charge is 0.481 e. The van der Waals surface area contributed by atoms with Gasteiger partial charge in [-0.25, -0.2) is 4.98 Å². The zero-order valence-electron chi connectivity index (χ0n) is 11.2. The number of piperidine rings is 1. The number of imidazole rings is 1. The first-order valence-electron chi connectivity index (χ1n) is 6.63. The Hall–Kier alpha value is -1.93. The molecule has 0 bridgehead atoms. The van der Waals surface area contributed by atoms with Crippen LogP contribution in [0.15, 0.2) is 17.8 Å². The normalized spacial score (nSPS) is 23.4. The molecule has 1 saturated heterocycles. The Bertz CT molecular complexity index is 651. The van der Waals surface area contributed by atoms with Gasteiger partial charge in [-0.3, -0.25) is 18.9 Å². The molecule has 2 aromatic heterocycles. The van der Waals surface area contributed by atoms with Gasteiger partial charge in [0, 0.05) is 30.9 Å². The molecule has 1 aliphatic heterocycles. The van der Waals surface area contributed by atoms with E-state index in [4.69, 9.17) is 5.11 Å². The lowest BCUT2D eigenvalue weighted by atomic mass is 9.85. The topological polar surface area (TPSA) is 95.1 Å². The number of aromatic nitrogens is 2. The predicted molar refractivity (Wildman–Crippen MR) is 75.2 cm³/mol. The molecule has 2 N–H and O–H groups in total. The number of carbonyl (C=O) groups is 2. The van der Waals surface area contributed by atoms with E-state index in [2.05, 4.69) is 4.98 Å². The van der Waals surface area contributed by atoms with E-state index in [1.54, 1.807) is 11.3 Å². The summed E-state index contributed by atoms with van der Waals surface area (Å²) in [6.07, 6.45) is 4.20. The van der Waals surface area contributed by atoms with Crippen LogP contribution in [0.2, 0.25) is 0 Å². The van der Waals surface area contributed by atoms with Gasteiger partial charge in [-0.1, -0.05) is 0 Å². The minimum absolute atomic E-state index is 0.247. The molecule has 0 aliphatic carbocycles. The molecule has 7 nitrogen and oxygen atoms in total. The highest BCUT2D eigenvalue weighted by atomic mass is 32.1. The van der Waals surface area contributed by atoms with Crippen molar-refractivity contribution in [2.24, 2.45) is 11.8 Å². The van der Waals surface area contributed by atoms with Crippen LogP contribution in [0.4, 0.5) is 0 Å². The molecule has 1 fully saturated rings. The molecular weight excluding hydrogens is 294 g/mol. The summed E-state index contributed by atoms with van der Waals surface area (Å²) in [6.45, 7) is 1.37. The molecule has 0 amide bonds. The maximum Gasteiger partial charge on any atom is 0.308 e. The van der Waals surface area contributed by atoms with Gasteiger partial charge in [0.05, 0.1) is 17.5 Å². The lowest BCUT2D eigenvalue weighted by Crippen LogP contribution is -2.46. The van der Waals surface area contributed by atoms with Crippen LogP contribution in [0.1, 0.15) is 12.1 Å². The Morgan fingerprint density at radius 2 is 2.10 bits per heavy atom. The molecule has 0 aromatic carbocycles. The molecule has 0 spiro atoms. The van der Waals surface area contributed by atoms with E-state index < -0.39 is 23.8 Å². The van der Waals surface area contributed by atoms with Gasteiger partial charge in [-0.15, -0.1) is 11.3 Å². The van der Waals surface area contributed by atoms with Crippen LogP contribution in [-0.2, 0) is 16.1 Å². The smallest absolute Gasteiger partial charge is 0.308 e. The number of fused-ring (bicyclic) bond motifs is 1. The molecule has 0 radical (unpaired) electrons. The highest BCUT2D eigenvalue weighted by molar-refractivity contribution is 7.15. The molecule has 2 unspecified atom stereocenters. The van der Waals surface area contributed by atoms with E-state index in [1.807, 2.05) is 27.1 Å². The fraction of sp³-hybridized carbons (Fsp3) is 0.462. The van der Waals surface area contributed by atoms with Gasteiger partial charge in [-0.05, 0) is 13.0 Å². The van der Waals surface area contributed by atoms with Gasteiger partial charge < -0.3 is 10.2 Å². The van der Waals surface area contributed by atoms with E-state index in [0.29, 0.717) is 19.5 Å². The maximum atomic E-state index is 11.3. The fourth-order valence-corrected chi connectivity index (χ4v) is 3.51. The average molecular weight is 309 g/mol. The monoisotopic (exact) mass is 309 g/mol. The molecule has 21 heavy (non-hydrogen) atoms. The van der Waals surface area contributed by atoms with E-state index in [1.165, 1.54) is 0 Å². The van der Waals surface area contributed by atoms with Crippen molar-refractivity contribution in [2.45, 2.75) is 13.0 Å². The quantitative estimate of drug-likeness (QED) is 0.875. The minimum Gasteiger partial charge on any atom is -0.481 e. The summed E-state index contributed by atoms with van der Waals surface area (Å²) in [6, 6.07) is 0. The van der Waals surface area contributed by atoms with E-state index in [-0.39, 0.29) is 6.54 Å². The van der Waals surface area contributed by atoms with Crippen molar-refractivity contribution in [3.8, 4) is 0 Å². The number of hydrogen-bond donors (Lipinski definition) is 2. The number of rotatable bonds is 4. The third-order valence-corrected chi connectivity index (χ3v) is 4.63. The van der Waals surface area contributed by atoms with Crippen molar-refractivity contribution >= 4 is 28.2 Å². The Balaban J connectivity index is 1.71. The predicted octanol–water partition coefficient (Wildman–Crippen LogP) is 1.00. The first-order chi connectivity index (χ1) is 10.0. The van der Waals surface area contributed by atoms with Crippen molar-refractivity contribution in [3.05, 3.63) is 23.5 Å². The van der Waals surface area contributed by atoms with Crippen LogP contribution in [0.5, 0.6) is 0 Å². The van der Waals surface area contributed by atoms with Crippen molar-refractivity contribution in [3.63, 3.8) is 0 Å². The Morgan fingerprint density at radius 3 is 2.76 bits per heavy atom. The van der Waals surface area contributed by atoms with Crippen LogP contribution in [-0.4, -0.2) is 49.5 Å². The van der Waals surface area contributed by atoms with Crippen molar-refractivity contribution in [2.75, 3.05) is 13.1 Å². The maximum absolute atomic E-state index is 11.3. The molecule has 2 aromatic rings. The summed E-state index contributed by atoms with van der Waals surface area (Å²) in [7, 11) is 0. The molecule has 1 aliphatic rings. The number of nitrogens with zero attached hydrogens (tertiary/aromatic N) is 3. The summed E-state index contributed by atoms with van der Waals surface area (Å²) in [5.41, 5.74) is 0.875. The van der Waals surface area contributed by atoms with Crippen molar-refractivity contribution < 1.29 is 19.8 Å². The molecular formula is C13H15N3O4S. The number of aliphatic carboxylic acids is 2. The molecule has 3 rings (SSSR count). The first kappa shape index (κ1) is 14.0. The highest BCUT2D eigenvalue weighted by Gasteiger charge is 2.38. The van der Waals surface area contributed by atoms with E-state index >= 15 is 0 Å². The third-order valence-electron chi connectivity index (χ3n) is 3.86. The number of carboxylic acid groups (broad SMARTS) is 2. The van der Waals surface area contributed by atoms with E-state index in [9.17, 15) is 14.7 Å². The van der Waals surface area contributed by atoms with Gasteiger partial charge in [0.15, 0.2) is 4.96 Å². The summed E-state index contributed by atoms with van der Waals surface area (Å²) in [4.78, 5) is 29.7. The second-order valence-electron chi connectivity index (χ2n) is 5.24. The summed E-state index contributed by atoms with van der Waals surface area (Å²) < 4.78 is 1.93. The first-order valence-corrected chi connectivity index (χ1v) is 7.51. The van der Waals surface area contributed by atoms with Crippen LogP contribution in [0.3, 0.4) is 0 Å². The van der Waals surface area contributed by atoms with Gasteiger partial charge in [0.1, 0.15) is 0 Å². The standard InChI is InChI=1S/C13H15N3O4S/c17-11(18)9-1-2-15(7-10(9)12(19)20)5-8-6-16-3-4-21-13(16)14-8/h3-4,6,9-10H,1-2,5,7H2,(H,17,18)(H,19,20). The Labute approximate surface area is 124 Å². The Kier molecular flexibility index (Phi) is 3.64. The zero-order chi connectivity index (χ0) is 15.0. The Morgan fingerprint density at radius 1 is 1.33 bits per heavy atom. The minimum atomic E-state index is -1.04. The fourth-order valence-electron chi connectivity index (χ4n) is 2.79. The van der Waals surface area contributed by atoms with E-state index in [0.717, 1.165) is 10.7 Å². The average Bonchev–Trinajstić information content (AvgIpc) is 2.99. The summed E-state index contributed by atoms with van der Waals surface area (Å²) in [5.74, 6) is -3.73. The lowest BCUT2D eigenvalue weighted by molar-refractivity contribution is -0.157. The molecule has 0 saturated carbocycles. The van der Waals surface area contributed by atoms with Gasteiger partial charge >= 0.3 is 11.9 Å². The number of thiazole rings is 1.